The molecular formula is C27H30N4O2. The van der Waals surface area contributed by atoms with Crippen LogP contribution in [-0.2, 0) is 24.4 Å². The Morgan fingerprint density at radius 1 is 0.758 bits per heavy atom. The van der Waals surface area contributed by atoms with Crippen LogP contribution in [0.5, 0.6) is 0 Å². The number of hydrogen-bond donors (Lipinski definition) is 0. The first kappa shape index (κ1) is 21.6. The Kier molecular flexibility index (Phi) is 6.65. The lowest BCUT2D eigenvalue weighted by Gasteiger charge is -2.34. The molecule has 6 heteroatoms. The molecule has 6 nitrogen and oxygen atoms in total. The first-order chi connectivity index (χ1) is 16.2. The zero-order valence-electron chi connectivity index (χ0n) is 18.8. The lowest BCUT2D eigenvalue weighted by molar-refractivity contribution is 0.121. The Bertz CT molecular complexity index is 1030. The molecule has 1 unspecified atom stereocenters. The van der Waals surface area contributed by atoms with Gasteiger partial charge < -0.3 is 4.74 Å². The number of benzene rings is 2. The van der Waals surface area contributed by atoms with Gasteiger partial charge in [-0.25, -0.2) is 4.79 Å². The topological polar surface area (TPSA) is 48.9 Å². The molecular weight excluding hydrogens is 412 g/mol. The average molecular weight is 443 g/mol. The van der Waals surface area contributed by atoms with Crippen LogP contribution in [0, 0.1) is 0 Å². The van der Waals surface area contributed by atoms with E-state index in [0.29, 0.717) is 13.1 Å². The summed E-state index contributed by atoms with van der Waals surface area (Å²) in [4.78, 5) is 23.5. The number of carbonyl (C=O) groups is 1. The summed E-state index contributed by atoms with van der Waals surface area (Å²) in [5, 5.41) is 0. The van der Waals surface area contributed by atoms with Crippen molar-refractivity contribution in [2.45, 2.75) is 25.7 Å². The summed E-state index contributed by atoms with van der Waals surface area (Å²) in [6.07, 6.45) is 1.44. The first-order valence-electron chi connectivity index (χ1n) is 11.7. The van der Waals surface area contributed by atoms with Crippen molar-refractivity contribution in [3.8, 4) is 0 Å². The Hall–Kier alpha value is -3.22. The third-order valence-electron chi connectivity index (χ3n) is 6.44. The van der Waals surface area contributed by atoms with Gasteiger partial charge in [0.25, 0.3) is 0 Å². The van der Waals surface area contributed by atoms with E-state index in [1.54, 1.807) is 4.90 Å². The summed E-state index contributed by atoms with van der Waals surface area (Å²) in [5.41, 5.74) is 4.62. The second-order valence-electron chi connectivity index (χ2n) is 8.85. The lowest BCUT2D eigenvalue weighted by atomic mass is 10.1. The maximum absolute atomic E-state index is 12.3. The van der Waals surface area contributed by atoms with E-state index < -0.39 is 0 Å². The van der Waals surface area contributed by atoms with E-state index in [-0.39, 0.29) is 12.2 Å². The molecule has 2 aliphatic rings. The number of nitrogens with zero attached hydrogens (tertiary/aromatic N) is 4. The fourth-order valence-corrected chi connectivity index (χ4v) is 4.53. The van der Waals surface area contributed by atoms with Gasteiger partial charge in [-0.15, -0.1) is 0 Å². The van der Waals surface area contributed by atoms with Gasteiger partial charge in [0.1, 0.15) is 6.10 Å². The molecule has 5 rings (SSSR count). The van der Waals surface area contributed by atoms with Crippen LogP contribution in [0.1, 0.15) is 28.5 Å². The van der Waals surface area contributed by atoms with Gasteiger partial charge in [0.15, 0.2) is 0 Å². The molecule has 0 spiro atoms. The van der Waals surface area contributed by atoms with Gasteiger partial charge in [-0.3, -0.25) is 19.7 Å². The quantitative estimate of drug-likeness (QED) is 0.552. The van der Waals surface area contributed by atoms with Crippen molar-refractivity contribution in [1.82, 2.24) is 19.7 Å². The lowest BCUT2D eigenvalue weighted by Crippen LogP contribution is -2.45. The number of piperazine rings is 1. The van der Waals surface area contributed by atoms with Crippen molar-refractivity contribution in [1.29, 1.82) is 0 Å². The molecule has 0 aliphatic carbocycles. The normalized spacial score (nSPS) is 19.6. The molecule has 3 aromatic rings. The number of cyclic esters (lactones) is 1. The summed E-state index contributed by atoms with van der Waals surface area (Å²) in [7, 11) is 0. The predicted octanol–water partition coefficient (Wildman–Crippen LogP) is 4.09. The molecule has 3 heterocycles. The molecule has 0 saturated carbocycles. The Labute approximate surface area is 195 Å². The molecule has 2 saturated heterocycles. The van der Waals surface area contributed by atoms with Gasteiger partial charge in [0, 0.05) is 52.0 Å². The summed E-state index contributed by atoms with van der Waals surface area (Å²) in [5.74, 6) is 0. The molecule has 0 radical (unpaired) electrons. The minimum Gasteiger partial charge on any atom is -0.439 e. The van der Waals surface area contributed by atoms with E-state index in [1.165, 1.54) is 5.56 Å². The number of aromatic nitrogens is 1. The van der Waals surface area contributed by atoms with Gasteiger partial charge in [-0.2, -0.15) is 0 Å². The predicted molar refractivity (Wildman–Crippen MR) is 127 cm³/mol. The minimum atomic E-state index is -0.239. The van der Waals surface area contributed by atoms with E-state index in [4.69, 9.17) is 4.74 Å². The number of pyridine rings is 1. The Morgan fingerprint density at radius 2 is 1.39 bits per heavy atom. The molecule has 33 heavy (non-hydrogen) atoms. The van der Waals surface area contributed by atoms with Crippen LogP contribution in [0.4, 0.5) is 4.79 Å². The smallest absolute Gasteiger partial charge is 0.410 e. The van der Waals surface area contributed by atoms with Crippen LogP contribution in [0.25, 0.3) is 0 Å². The summed E-state index contributed by atoms with van der Waals surface area (Å²) in [6.45, 7) is 7.31. The number of ether oxygens (including phenoxy) is 1. The summed E-state index contributed by atoms with van der Waals surface area (Å²) >= 11 is 0. The highest BCUT2D eigenvalue weighted by molar-refractivity contribution is 5.70. The molecule has 1 atom stereocenters. The monoisotopic (exact) mass is 442 g/mol. The van der Waals surface area contributed by atoms with Crippen molar-refractivity contribution in [3.63, 3.8) is 0 Å². The molecule has 2 aliphatic heterocycles. The molecule has 2 fully saturated rings. The second kappa shape index (κ2) is 10.1. The van der Waals surface area contributed by atoms with Crippen molar-refractivity contribution in [2.75, 3.05) is 32.7 Å². The number of amides is 1. The molecule has 2 aromatic carbocycles. The van der Waals surface area contributed by atoms with Gasteiger partial charge in [0.05, 0.1) is 12.2 Å². The highest BCUT2D eigenvalue weighted by Crippen LogP contribution is 2.27. The molecule has 0 bridgehead atoms. The number of hydrogen-bond acceptors (Lipinski definition) is 5. The van der Waals surface area contributed by atoms with Crippen molar-refractivity contribution >= 4 is 6.09 Å². The largest absolute Gasteiger partial charge is 0.439 e. The van der Waals surface area contributed by atoms with Crippen LogP contribution in [0.2, 0.25) is 0 Å². The zero-order valence-corrected chi connectivity index (χ0v) is 18.8. The maximum atomic E-state index is 12.3. The van der Waals surface area contributed by atoms with Crippen LogP contribution in [0.3, 0.4) is 0 Å². The number of rotatable bonds is 7. The SMILES string of the molecule is O=C1OC(c2ccccc2)CN1Cc1ccc(CN2CCN(Cc3ccccn3)CC2)cc1. The third kappa shape index (κ3) is 5.59. The van der Waals surface area contributed by atoms with Gasteiger partial charge in [-0.1, -0.05) is 60.7 Å². The highest BCUT2D eigenvalue weighted by atomic mass is 16.6. The molecule has 1 amide bonds. The van der Waals surface area contributed by atoms with Gasteiger partial charge >= 0.3 is 6.09 Å². The zero-order chi connectivity index (χ0) is 22.5. The first-order valence-corrected chi connectivity index (χ1v) is 11.7. The molecule has 170 valence electrons. The molecule has 1 aromatic heterocycles. The summed E-state index contributed by atoms with van der Waals surface area (Å²) < 4.78 is 5.57. The van der Waals surface area contributed by atoms with E-state index in [1.807, 2.05) is 42.6 Å². The van der Waals surface area contributed by atoms with E-state index in [9.17, 15) is 4.79 Å². The van der Waals surface area contributed by atoms with Crippen LogP contribution in [-0.4, -0.2) is 58.5 Å². The van der Waals surface area contributed by atoms with Gasteiger partial charge in [0.2, 0.25) is 0 Å². The van der Waals surface area contributed by atoms with Crippen LogP contribution >= 0.6 is 0 Å². The van der Waals surface area contributed by atoms with Crippen LogP contribution in [0.15, 0.2) is 79.0 Å². The van der Waals surface area contributed by atoms with E-state index in [2.05, 4.69) is 51.2 Å². The Balaban J connectivity index is 1.09. The maximum Gasteiger partial charge on any atom is 0.410 e. The fraction of sp³-hybridized carbons (Fsp3) is 0.333. The third-order valence-corrected chi connectivity index (χ3v) is 6.44. The van der Waals surface area contributed by atoms with Crippen molar-refractivity contribution < 1.29 is 9.53 Å². The van der Waals surface area contributed by atoms with E-state index >= 15 is 0 Å². The Morgan fingerprint density at radius 3 is 2.06 bits per heavy atom. The van der Waals surface area contributed by atoms with Crippen molar-refractivity contribution in [2.24, 2.45) is 0 Å². The van der Waals surface area contributed by atoms with Gasteiger partial charge in [-0.05, 0) is 28.8 Å². The van der Waals surface area contributed by atoms with Crippen LogP contribution < -0.4 is 0 Å². The standard InChI is InChI=1S/C27H30N4O2/c32-27-31(21-26(33-27)24-6-2-1-3-7-24)19-23-11-9-22(10-12-23)18-29-14-16-30(17-15-29)20-25-8-4-5-13-28-25/h1-13,26H,14-21H2. The molecule has 0 N–H and O–H groups in total. The highest BCUT2D eigenvalue weighted by Gasteiger charge is 2.32. The van der Waals surface area contributed by atoms with E-state index in [0.717, 1.165) is 56.1 Å². The second-order valence-corrected chi connectivity index (χ2v) is 8.85. The summed E-state index contributed by atoms with van der Waals surface area (Å²) in [6, 6.07) is 24.7. The fourth-order valence-electron chi connectivity index (χ4n) is 4.53. The average Bonchev–Trinajstić information content (AvgIpc) is 3.23. The number of carbonyl (C=O) groups excluding carboxylic acids is 1. The van der Waals surface area contributed by atoms with Crippen molar-refractivity contribution in [3.05, 3.63) is 101 Å². The minimum absolute atomic E-state index is 0.186.